The molecule has 1 rings (SSSR count). The molecule has 1 aromatic carbocycles. The Labute approximate surface area is 103 Å². The summed E-state index contributed by atoms with van der Waals surface area (Å²) in [5.41, 5.74) is 3.18. The van der Waals surface area contributed by atoms with Gasteiger partial charge in [0.2, 0.25) is 0 Å². The minimum Gasteiger partial charge on any atom is -0.272 e. The van der Waals surface area contributed by atoms with E-state index in [2.05, 4.69) is 5.48 Å². The zero-order valence-corrected chi connectivity index (χ0v) is 11.0. The largest absolute Gasteiger partial charge is 0.272 e. The fraction of sp³-hybridized carbons (Fsp3) is 0.500. The van der Waals surface area contributed by atoms with Crippen LogP contribution in [-0.2, 0) is 9.63 Å². The zero-order chi connectivity index (χ0) is 12.9. The summed E-state index contributed by atoms with van der Waals surface area (Å²) in [6.45, 7) is 7.69. The number of nitrogens with one attached hydrogen (secondary N) is 1. The van der Waals surface area contributed by atoms with Crippen molar-refractivity contribution in [1.29, 1.82) is 0 Å². The lowest BCUT2D eigenvalue weighted by Crippen LogP contribution is -2.36. The van der Waals surface area contributed by atoms with Gasteiger partial charge in [0.05, 0.1) is 11.5 Å². The molecule has 17 heavy (non-hydrogen) atoms. The van der Waals surface area contributed by atoms with E-state index in [-0.39, 0.29) is 17.4 Å². The number of carbonyl (C=O) groups excluding carboxylic acids is 1. The molecule has 94 valence electrons. The Morgan fingerprint density at radius 2 is 1.88 bits per heavy atom. The van der Waals surface area contributed by atoms with Crippen LogP contribution in [0.2, 0.25) is 0 Å². The maximum atomic E-state index is 12.0. The van der Waals surface area contributed by atoms with Crippen molar-refractivity contribution in [3.05, 3.63) is 35.9 Å². The van der Waals surface area contributed by atoms with Gasteiger partial charge in [-0.25, -0.2) is 5.48 Å². The van der Waals surface area contributed by atoms with Gasteiger partial charge in [0, 0.05) is 0 Å². The Hall–Kier alpha value is -1.35. The highest BCUT2D eigenvalue weighted by molar-refractivity contribution is 5.82. The van der Waals surface area contributed by atoms with Crippen molar-refractivity contribution in [2.24, 2.45) is 0 Å². The fourth-order valence-electron chi connectivity index (χ4n) is 1.53. The molecule has 0 aliphatic carbocycles. The molecule has 0 saturated carbocycles. The van der Waals surface area contributed by atoms with E-state index in [4.69, 9.17) is 4.84 Å². The average Bonchev–Trinajstić information content (AvgIpc) is 2.28. The number of benzene rings is 1. The molecule has 3 nitrogen and oxygen atoms in total. The lowest BCUT2D eigenvalue weighted by Gasteiger charge is -2.22. The highest BCUT2D eigenvalue weighted by Gasteiger charge is 2.20. The molecule has 0 fully saturated rings. The summed E-state index contributed by atoms with van der Waals surface area (Å²) >= 11 is 0. The number of rotatable bonds is 4. The van der Waals surface area contributed by atoms with Gasteiger partial charge in [-0.15, -0.1) is 0 Å². The molecule has 0 spiro atoms. The molecular formula is C14H21NO2. The van der Waals surface area contributed by atoms with E-state index in [1.54, 1.807) is 0 Å². The minimum absolute atomic E-state index is 0.0892. The van der Waals surface area contributed by atoms with E-state index in [9.17, 15) is 4.79 Å². The smallest absolute Gasteiger partial charge is 0.251 e. The highest BCUT2D eigenvalue weighted by atomic mass is 16.7. The molecule has 0 aliphatic heterocycles. The van der Waals surface area contributed by atoms with E-state index in [0.717, 1.165) is 12.0 Å². The third-order valence-corrected chi connectivity index (χ3v) is 2.38. The zero-order valence-electron chi connectivity index (χ0n) is 11.0. The van der Waals surface area contributed by atoms with Gasteiger partial charge in [0.1, 0.15) is 0 Å². The molecule has 1 unspecified atom stereocenters. The number of hydrogen-bond donors (Lipinski definition) is 1. The first-order valence-electron chi connectivity index (χ1n) is 5.97. The maximum absolute atomic E-state index is 12.0. The van der Waals surface area contributed by atoms with Crippen LogP contribution in [-0.4, -0.2) is 11.5 Å². The Bertz CT molecular complexity index is 354. The van der Waals surface area contributed by atoms with Crippen LogP contribution in [0.25, 0.3) is 0 Å². The van der Waals surface area contributed by atoms with Crippen molar-refractivity contribution in [2.75, 3.05) is 0 Å². The number of amides is 1. The summed E-state index contributed by atoms with van der Waals surface area (Å²) in [4.78, 5) is 17.3. The molecule has 0 radical (unpaired) electrons. The summed E-state index contributed by atoms with van der Waals surface area (Å²) in [7, 11) is 0. The van der Waals surface area contributed by atoms with Gasteiger partial charge in [0.15, 0.2) is 0 Å². The Morgan fingerprint density at radius 1 is 1.29 bits per heavy atom. The molecule has 0 aromatic heterocycles. The Balaban J connectivity index is 2.66. The first-order chi connectivity index (χ1) is 7.94. The van der Waals surface area contributed by atoms with Gasteiger partial charge in [-0.2, -0.15) is 0 Å². The number of carbonyl (C=O) groups is 1. The van der Waals surface area contributed by atoms with Gasteiger partial charge in [-0.1, -0.05) is 37.3 Å². The van der Waals surface area contributed by atoms with Crippen molar-refractivity contribution in [3.63, 3.8) is 0 Å². The van der Waals surface area contributed by atoms with Crippen LogP contribution in [0.5, 0.6) is 0 Å². The van der Waals surface area contributed by atoms with Gasteiger partial charge >= 0.3 is 0 Å². The second-order valence-corrected chi connectivity index (χ2v) is 5.05. The van der Waals surface area contributed by atoms with Crippen LogP contribution in [0.15, 0.2) is 30.3 Å². The molecule has 0 heterocycles. The van der Waals surface area contributed by atoms with Crippen molar-refractivity contribution in [3.8, 4) is 0 Å². The predicted octanol–water partition coefficient (Wildman–Crippen LogP) is 3.03. The van der Waals surface area contributed by atoms with Crippen LogP contribution >= 0.6 is 0 Å². The SMILES string of the molecule is CCC(C(=O)NOC(C)(C)C)c1ccccc1. The van der Waals surface area contributed by atoms with Gasteiger partial charge in [0.25, 0.3) is 5.91 Å². The summed E-state index contributed by atoms with van der Waals surface area (Å²) < 4.78 is 0. The quantitative estimate of drug-likeness (QED) is 0.815. The first-order valence-corrected chi connectivity index (χ1v) is 5.97. The Morgan fingerprint density at radius 3 is 2.35 bits per heavy atom. The molecule has 0 saturated heterocycles. The second-order valence-electron chi connectivity index (χ2n) is 5.05. The van der Waals surface area contributed by atoms with Gasteiger partial charge in [-0.05, 0) is 32.8 Å². The summed E-state index contributed by atoms with van der Waals surface area (Å²) in [6, 6.07) is 9.75. The molecule has 1 aromatic rings. The topological polar surface area (TPSA) is 38.3 Å². The van der Waals surface area contributed by atoms with Crippen LogP contribution < -0.4 is 5.48 Å². The number of hydrogen-bond acceptors (Lipinski definition) is 2. The van der Waals surface area contributed by atoms with E-state index in [1.165, 1.54) is 0 Å². The summed E-state index contributed by atoms with van der Waals surface area (Å²) in [5, 5.41) is 0. The van der Waals surface area contributed by atoms with E-state index >= 15 is 0 Å². The predicted molar refractivity (Wildman–Crippen MR) is 68.5 cm³/mol. The normalized spacial score (nSPS) is 13.2. The third-order valence-electron chi connectivity index (χ3n) is 2.38. The molecule has 1 N–H and O–H groups in total. The summed E-state index contributed by atoms with van der Waals surface area (Å²) in [6.07, 6.45) is 0.753. The fourth-order valence-corrected chi connectivity index (χ4v) is 1.53. The Kier molecular flexibility index (Phi) is 4.70. The average molecular weight is 235 g/mol. The first kappa shape index (κ1) is 13.7. The number of hydroxylamine groups is 1. The van der Waals surface area contributed by atoms with Crippen molar-refractivity contribution < 1.29 is 9.63 Å². The molecule has 0 bridgehead atoms. The summed E-state index contributed by atoms with van der Waals surface area (Å²) in [5.74, 6) is -0.243. The molecular weight excluding hydrogens is 214 g/mol. The van der Waals surface area contributed by atoms with Crippen LogP contribution in [0.3, 0.4) is 0 Å². The standard InChI is InChI=1S/C14H21NO2/c1-5-12(11-9-7-6-8-10-11)13(16)15-17-14(2,3)4/h6-10,12H,5H2,1-4H3,(H,15,16). The van der Waals surface area contributed by atoms with Crippen molar-refractivity contribution in [1.82, 2.24) is 5.48 Å². The molecule has 1 atom stereocenters. The van der Waals surface area contributed by atoms with Gasteiger partial charge < -0.3 is 0 Å². The lowest BCUT2D eigenvalue weighted by molar-refractivity contribution is -0.147. The molecule has 1 amide bonds. The van der Waals surface area contributed by atoms with E-state index in [1.807, 2.05) is 58.0 Å². The molecule has 3 heteroatoms. The van der Waals surface area contributed by atoms with E-state index < -0.39 is 0 Å². The van der Waals surface area contributed by atoms with Crippen molar-refractivity contribution >= 4 is 5.91 Å². The lowest BCUT2D eigenvalue weighted by atomic mass is 9.96. The molecule has 0 aliphatic rings. The van der Waals surface area contributed by atoms with E-state index in [0.29, 0.717) is 0 Å². The van der Waals surface area contributed by atoms with Crippen LogP contribution in [0.4, 0.5) is 0 Å². The highest BCUT2D eigenvalue weighted by Crippen LogP contribution is 2.19. The van der Waals surface area contributed by atoms with Gasteiger partial charge in [-0.3, -0.25) is 9.63 Å². The minimum atomic E-state index is -0.370. The second kappa shape index (κ2) is 5.82. The monoisotopic (exact) mass is 235 g/mol. The van der Waals surface area contributed by atoms with Crippen LogP contribution in [0, 0.1) is 0 Å². The van der Waals surface area contributed by atoms with Crippen molar-refractivity contribution in [2.45, 2.75) is 45.6 Å². The maximum Gasteiger partial charge on any atom is 0.251 e. The van der Waals surface area contributed by atoms with Crippen LogP contribution in [0.1, 0.15) is 45.6 Å². The third kappa shape index (κ3) is 4.57.